The molecule has 15 heavy (non-hydrogen) atoms. The first-order valence-corrected chi connectivity index (χ1v) is 4.95. The molecule has 0 aliphatic heterocycles. The second-order valence-electron chi connectivity index (χ2n) is 4.68. The van der Waals surface area contributed by atoms with Crippen LogP contribution in [0, 0.1) is 18.3 Å². The lowest BCUT2D eigenvalue weighted by Gasteiger charge is -2.04. The van der Waals surface area contributed by atoms with Gasteiger partial charge < -0.3 is 5.11 Å². The summed E-state index contributed by atoms with van der Waals surface area (Å²) < 4.78 is 0. The highest BCUT2D eigenvalue weighted by atomic mass is 16.4. The molecule has 0 unspecified atom stereocenters. The number of aliphatic carboxylic acids is 1. The van der Waals surface area contributed by atoms with Gasteiger partial charge in [-0.2, -0.15) is 0 Å². The summed E-state index contributed by atoms with van der Waals surface area (Å²) in [5.74, 6) is -0.980. The summed E-state index contributed by atoms with van der Waals surface area (Å²) in [5.41, 5.74) is 1.67. The third kappa shape index (κ3) is 1.40. The van der Waals surface area contributed by atoms with Gasteiger partial charge in [-0.25, -0.2) is 9.97 Å². The minimum atomic E-state index is -0.728. The number of hydrogen-bond donors (Lipinski definition) is 1. The van der Waals surface area contributed by atoms with E-state index >= 15 is 0 Å². The number of nitrogens with zero attached hydrogens (tertiary/aromatic N) is 2. The summed E-state index contributed by atoms with van der Waals surface area (Å²) in [6.45, 7) is 5.84. The zero-order valence-electron chi connectivity index (χ0n) is 9.06. The zero-order valence-corrected chi connectivity index (χ0v) is 9.06. The van der Waals surface area contributed by atoms with Crippen molar-refractivity contribution in [3.05, 3.63) is 23.8 Å². The monoisotopic (exact) mass is 206 g/mol. The molecular weight excluding hydrogens is 192 g/mol. The van der Waals surface area contributed by atoms with Crippen LogP contribution in [0.4, 0.5) is 0 Å². The van der Waals surface area contributed by atoms with Crippen LogP contribution in [0.5, 0.6) is 0 Å². The number of carbonyl (C=O) groups is 1. The minimum absolute atomic E-state index is 0.0520. The van der Waals surface area contributed by atoms with Gasteiger partial charge >= 0.3 is 5.97 Å². The van der Waals surface area contributed by atoms with Gasteiger partial charge in [0.15, 0.2) is 0 Å². The number of hydrogen-bond acceptors (Lipinski definition) is 3. The van der Waals surface area contributed by atoms with Crippen molar-refractivity contribution in [3.8, 4) is 0 Å². The molecule has 1 fully saturated rings. The summed E-state index contributed by atoms with van der Waals surface area (Å²) >= 11 is 0. The number of carboxylic acid groups (broad SMARTS) is 1. The molecule has 1 saturated carbocycles. The van der Waals surface area contributed by atoms with Crippen molar-refractivity contribution in [2.24, 2.45) is 11.3 Å². The molecule has 80 valence electrons. The van der Waals surface area contributed by atoms with Gasteiger partial charge in [0.05, 0.1) is 5.92 Å². The molecule has 1 heterocycles. The maximum Gasteiger partial charge on any atom is 0.307 e. The molecule has 0 amide bonds. The summed E-state index contributed by atoms with van der Waals surface area (Å²) in [5, 5.41) is 9.07. The summed E-state index contributed by atoms with van der Waals surface area (Å²) in [7, 11) is 0. The van der Waals surface area contributed by atoms with Crippen molar-refractivity contribution in [2.75, 3.05) is 0 Å². The van der Waals surface area contributed by atoms with Gasteiger partial charge in [0.25, 0.3) is 0 Å². The number of aromatic nitrogens is 2. The van der Waals surface area contributed by atoms with Crippen molar-refractivity contribution in [2.45, 2.75) is 26.7 Å². The third-order valence-electron chi connectivity index (χ3n) is 3.38. The molecule has 0 saturated heterocycles. The van der Waals surface area contributed by atoms with Crippen LogP contribution in [-0.4, -0.2) is 21.0 Å². The van der Waals surface area contributed by atoms with Gasteiger partial charge in [-0.05, 0) is 17.9 Å². The van der Waals surface area contributed by atoms with E-state index < -0.39 is 5.97 Å². The van der Waals surface area contributed by atoms with Crippen LogP contribution >= 0.6 is 0 Å². The fraction of sp³-hybridized carbons (Fsp3) is 0.545. The van der Waals surface area contributed by atoms with Crippen LogP contribution in [-0.2, 0) is 4.79 Å². The van der Waals surface area contributed by atoms with Crippen molar-refractivity contribution >= 4 is 5.97 Å². The van der Waals surface area contributed by atoms with E-state index in [0.29, 0.717) is 0 Å². The molecule has 0 aromatic carbocycles. The van der Waals surface area contributed by atoms with E-state index in [1.165, 1.54) is 6.33 Å². The highest BCUT2D eigenvalue weighted by Gasteiger charge is 2.63. The van der Waals surface area contributed by atoms with E-state index in [9.17, 15) is 4.79 Å². The molecule has 0 radical (unpaired) electrons. The third-order valence-corrected chi connectivity index (χ3v) is 3.38. The van der Waals surface area contributed by atoms with Crippen LogP contribution in [0.25, 0.3) is 0 Å². The molecule has 1 aromatic heterocycles. The SMILES string of the molecule is Cc1ncncc1[C@H]1[C@H](C(=O)O)C1(C)C. The van der Waals surface area contributed by atoms with Gasteiger partial charge in [0.2, 0.25) is 0 Å². The molecule has 0 bridgehead atoms. The molecule has 2 rings (SSSR count). The van der Waals surface area contributed by atoms with Crippen LogP contribution in [0.1, 0.15) is 31.0 Å². The summed E-state index contributed by atoms with van der Waals surface area (Å²) in [6, 6.07) is 0. The molecule has 1 aromatic rings. The second-order valence-corrected chi connectivity index (χ2v) is 4.68. The Morgan fingerprint density at radius 1 is 1.53 bits per heavy atom. The maximum atomic E-state index is 11.0. The lowest BCUT2D eigenvalue weighted by atomic mass is 10.0. The fourth-order valence-electron chi connectivity index (χ4n) is 2.39. The topological polar surface area (TPSA) is 63.1 Å². The summed E-state index contributed by atoms with van der Waals surface area (Å²) in [4.78, 5) is 19.1. The Morgan fingerprint density at radius 3 is 2.67 bits per heavy atom. The molecule has 1 aliphatic rings. The highest BCUT2D eigenvalue weighted by Crippen LogP contribution is 2.64. The molecule has 1 N–H and O–H groups in total. The van der Waals surface area contributed by atoms with Gasteiger partial charge in [-0.3, -0.25) is 4.79 Å². The molecule has 2 atom stereocenters. The first-order valence-electron chi connectivity index (χ1n) is 4.95. The Labute approximate surface area is 88.4 Å². The maximum absolute atomic E-state index is 11.0. The van der Waals surface area contributed by atoms with Gasteiger partial charge in [0.1, 0.15) is 6.33 Å². The lowest BCUT2D eigenvalue weighted by Crippen LogP contribution is -2.03. The van der Waals surface area contributed by atoms with E-state index in [4.69, 9.17) is 5.11 Å². The molecule has 4 heteroatoms. The first-order chi connectivity index (χ1) is 6.96. The molecule has 1 aliphatic carbocycles. The molecule has 0 spiro atoms. The lowest BCUT2D eigenvalue weighted by molar-refractivity contribution is -0.139. The standard InChI is InChI=1S/C11H14N2O2/c1-6-7(4-12-5-13-6)8-9(10(14)15)11(8,2)3/h4-5,8-9H,1-3H3,(H,14,15)/t8-,9+/m0/s1. The number of aryl methyl sites for hydroxylation is 1. The van der Waals surface area contributed by atoms with Crippen LogP contribution in [0.2, 0.25) is 0 Å². The van der Waals surface area contributed by atoms with E-state index in [0.717, 1.165) is 11.3 Å². The van der Waals surface area contributed by atoms with E-state index in [-0.39, 0.29) is 17.3 Å². The Morgan fingerprint density at radius 2 is 2.20 bits per heavy atom. The Kier molecular flexibility index (Phi) is 2.03. The largest absolute Gasteiger partial charge is 0.481 e. The van der Waals surface area contributed by atoms with E-state index in [2.05, 4.69) is 9.97 Å². The van der Waals surface area contributed by atoms with Crippen LogP contribution in [0.3, 0.4) is 0 Å². The average molecular weight is 206 g/mol. The smallest absolute Gasteiger partial charge is 0.307 e. The van der Waals surface area contributed by atoms with E-state index in [1.54, 1.807) is 6.20 Å². The first kappa shape index (κ1) is 10.1. The molecule has 4 nitrogen and oxygen atoms in total. The second kappa shape index (κ2) is 3.02. The Balaban J connectivity index is 2.36. The van der Waals surface area contributed by atoms with Crippen LogP contribution in [0.15, 0.2) is 12.5 Å². The Bertz CT molecular complexity index is 415. The summed E-state index contributed by atoms with van der Waals surface area (Å²) in [6.07, 6.45) is 3.22. The van der Waals surface area contributed by atoms with Crippen molar-refractivity contribution in [3.63, 3.8) is 0 Å². The zero-order chi connectivity index (χ0) is 11.2. The number of carboxylic acids is 1. The minimum Gasteiger partial charge on any atom is -0.481 e. The van der Waals surface area contributed by atoms with Gasteiger partial charge in [-0.15, -0.1) is 0 Å². The van der Waals surface area contributed by atoms with Crippen molar-refractivity contribution in [1.82, 2.24) is 9.97 Å². The highest BCUT2D eigenvalue weighted by molar-refractivity contribution is 5.77. The quantitative estimate of drug-likeness (QED) is 0.798. The number of rotatable bonds is 2. The van der Waals surface area contributed by atoms with Crippen molar-refractivity contribution < 1.29 is 9.90 Å². The van der Waals surface area contributed by atoms with E-state index in [1.807, 2.05) is 20.8 Å². The predicted molar refractivity (Wildman–Crippen MR) is 54.4 cm³/mol. The predicted octanol–water partition coefficient (Wildman–Crippen LogP) is 1.61. The average Bonchev–Trinajstić information content (AvgIpc) is 2.70. The van der Waals surface area contributed by atoms with Gasteiger partial charge in [0, 0.05) is 17.8 Å². The fourth-order valence-corrected chi connectivity index (χ4v) is 2.39. The van der Waals surface area contributed by atoms with Crippen LogP contribution < -0.4 is 0 Å². The van der Waals surface area contributed by atoms with Gasteiger partial charge in [-0.1, -0.05) is 13.8 Å². The normalized spacial score (nSPS) is 27.4. The van der Waals surface area contributed by atoms with Crippen molar-refractivity contribution in [1.29, 1.82) is 0 Å². The Hall–Kier alpha value is -1.45. The molecular formula is C11H14N2O2.